The Bertz CT molecular complexity index is 345. The first-order valence-corrected chi connectivity index (χ1v) is 8.50. The molecule has 0 amide bonds. The van der Waals surface area contributed by atoms with Gasteiger partial charge in [0.2, 0.25) is 0 Å². The van der Waals surface area contributed by atoms with E-state index in [1.54, 1.807) is 0 Å². The number of hydrogen-bond acceptors (Lipinski definition) is 5. The lowest BCUT2D eigenvalue weighted by Gasteiger charge is -2.22. The summed E-state index contributed by atoms with van der Waals surface area (Å²) >= 11 is 0. The first kappa shape index (κ1) is 14.2. The van der Waals surface area contributed by atoms with Crippen molar-refractivity contribution >= 4 is 9.84 Å². The van der Waals surface area contributed by atoms with Gasteiger partial charge in [0.05, 0.1) is 24.2 Å². The topological polar surface area (TPSA) is 64.6 Å². The van der Waals surface area contributed by atoms with Gasteiger partial charge in [-0.1, -0.05) is 0 Å². The molecule has 2 fully saturated rings. The van der Waals surface area contributed by atoms with Gasteiger partial charge < -0.3 is 14.8 Å². The molecule has 0 saturated carbocycles. The van der Waals surface area contributed by atoms with Crippen molar-refractivity contribution in [2.75, 3.05) is 38.4 Å². The molecule has 0 aromatic rings. The fourth-order valence-corrected chi connectivity index (χ4v) is 4.68. The van der Waals surface area contributed by atoms with E-state index in [9.17, 15) is 8.42 Å². The van der Waals surface area contributed by atoms with Crippen LogP contribution in [0.2, 0.25) is 0 Å². The lowest BCUT2D eigenvalue weighted by molar-refractivity contribution is 0.127. The fourth-order valence-electron chi connectivity index (χ4n) is 2.73. The lowest BCUT2D eigenvalue weighted by Crippen LogP contribution is -2.41. The first-order chi connectivity index (χ1) is 8.61. The van der Waals surface area contributed by atoms with Crippen LogP contribution in [-0.2, 0) is 19.3 Å². The molecule has 6 heteroatoms. The van der Waals surface area contributed by atoms with Crippen LogP contribution < -0.4 is 5.32 Å². The maximum Gasteiger partial charge on any atom is 0.154 e. The molecule has 0 spiro atoms. The van der Waals surface area contributed by atoms with Crippen LogP contribution in [0, 0.1) is 5.92 Å². The summed E-state index contributed by atoms with van der Waals surface area (Å²) in [6.07, 6.45) is 2.70. The van der Waals surface area contributed by atoms with Crippen LogP contribution >= 0.6 is 0 Å². The molecule has 3 unspecified atom stereocenters. The van der Waals surface area contributed by atoms with Gasteiger partial charge in [-0.2, -0.15) is 0 Å². The third-order valence-electron chi connectivity index (χ3n) is 3.80. The predicted octanol–water partition coefficient (Wildman–Crippen LogP) is 0.205. The molecule has 0 aromatic carbocycles. The molecule has 0 radical (unpaired) electrons. The van der Waals surface area contributed by atoms with Crippen LogP contribution in [0.3, 0.4) is 0 Å². The van der Waals surface area contributed by atoms with E-state index in [0.717, 1.165) is 25.9 Å². The molecule has 2 heterocycles. The Morgan fingerprint density at radius 3 is 2.72 bits per heavy atom. The summed E-state index contributed by atoms with van der Waals surface area (Å²) < 4.78 is 35.0. The Balaban J connectivity index is 1.88. The molecule has 0 bridgehead atoms. The Hall–Kier alpha value is -0.170. The van der Waals surface area contributed by atoms with Crippen LogP contribution in [0.5, 0.6) is 0 Å². The average Bonchev–Trinajstić information content (AvgIpc) is 2.97. The Labute approximate surface area is 109 Å². The van der Waals surface area contributed by atoms with Crippen molar-refractivity contribution in [3.05, 3.63) is 0 Å². The number of rotatable bonds is 6. The highest BCUT2D eigenvalue weighted by atomic mass is 32.2. The summed E-state index contributed by atoms with van der Waals surface area (Å²) in [6.45, 7) is 2.11. The van der Waals surface area contributed by atoms with E-state index in [2.05, 4.69) is 5.32 Å². The smallest absolute Gasteiger partial charge is 0.154 e. The van der Waals surface area contributed by atoms with Crippen LogP contribution in [0.4, 0.5) is 0 Å². The van der Waals surface area contributed by atoms with E-state index in [1.165, 1.54) is 0 Å². The molecule has 0 aromatic heterocycles. The third kappa shape index (κ3) is 3.91. The highest BCUT2D eigenvalue weighted by Crippen LogP contribution is 2.20. The molecule has 1 N–H and O–H groups in total. The highest BCUT2D eigenvalue weighted by Gasteiger charge is 2.31. The van der Waals surface area contributed by atoms with Gasteiger partial charge >= 0.3 is 0 Å². The third-order valence-corrected chi connectivity index (χ3v) is 5.55. The van der Waals surface area contributed by atoms with Crippen LogP contribution in [0.25, 0.3) is 0 Å². The van der Waals surface area contributed by atoms with Crippen LogP contribution in [-0.4, -0.2) is 58.9 Å². The molecule has 2 aliphatic rings. The summed E-state index contributed by atoms with van der Waals surface area (Å²) in [7, 11) is -1.23. The largest absolute Gasteiger partial charge is 0.381 e. The summed E-state index contributed by atoms with van der Waals surface area (Å²) in [5.41, 5.74) is 0. The molecule has 0 aliphatic carbocycles. The number of nitrogens with one attached hydrogen (secondary N) is 1. The molecule has 18 heavy (non-hydrogen) atoms. The minimum Gasteiger partial charge on any atom is -0.381 e. The van der Waals surface area contributed by atoms with Crippen LogP contribution in [0.1, 0.15) is 19.3 Å². The number of sulfone groups is 1. The van der Waals surface area contributed by atoms with E-state index < -0.39 is 9.84 Å². The summed E-state index contributed by atoms with van der Waals surface area (Å²) in [6, 6.07) is -0.00102. The zero-order chi connectivity index (χ0) is 13.0. The van der Waals surface area contributed by atoms with Crippen molar-refractivity contribution in [3.8, 4) is 0 Å². The lowest BCUT2D eigenvalue weighted by atomic mass is 10.0. The summed E-state index contributed by atoms with van der Waals surface area (Å²) in [5.74, 6) is 0.671. The van der Waals surface area contributed by atoms with Gasteiger partial charge in [-0.25, -0.2) is 8.42 Å². The van der Waals surface area contributed by atoms with E-state index in [0.29, 0.717) is 19.1 Å². The molecule has 2 aliphatic heterocycles. The zero-order valence-corrected chi connectivity index (χ0v) is 11.7. The van der Waals surface area contributed by atoms with Gasteiger partial charge in [-0.05, 0) is 26.3 Å². The highest BCUT2D eigenvalue weighted by molar-refractivity contribution is 7.91. The summed E-state index contributed by atoms with van der Waals surface area (Å²) in [5, 5.41) is 3.13. The van der Waals surface area contributed by atoms with Crippen molar-refractivity contribution in [1.29, 1.82) is 0 Å². The van der Waals surface area contributed by atoms with E-state index in [-0.39, 0.29) is 23.7 Å². The average molecular weight is 277 g/mol. The van der Waals surface area contributed by atoms with Gasteiger partial charge in [0, 0.05) is 25.2 Å². The van der Waals surface area contributed by atoms with Crippen molar-refractivity contribution in [3.63, 3.8) is 0 Å². The van der Waals surface area contributed by atoms with Crippen molar-refractivity contribution < 1.29 is 17.9 Å². The van der Waals surface area contributed by atoms with Gasteiger partial charge in [0.1, 0.15) is 0 Å². The molecule has 2 rings (SSSR count). The predicted molar refractivity (Wildman–Crippen MR) is 69.4 cm³/mol. The fraction of sp³-hybridized carbons (Fsp3) is 1.00. The Morgan fingerprint density at radius 2 is 2.17 bits per heavy atom. The van der Waals surface area contributed by atoms with E-state index in [1.807, 2.05) is 7.05 Å². The van der Waals surface area contributed by atoms with Crippen molar-refractivity contribution in [1.82, 2.24) is 5.32 Å². The van der Waals surface area contributed by atoms with Gasteiger partial charge in [0.15, 0.2) is 9.84 Å². The molecular weight excluding hydrogens is 254 g/mol. The monoisotopic (exact) mass is 277 g/mol. The minimum atomic E-state index is -3.06. The second-order valence-electron chi connectivity index (χ2n) is 5.23. The van der Waals surface area contributed by atoms with Crippen LogP contribution in [0.15, 0.2) is 0 Å². The molecule has 106 valence electrons. The normalized spacial score (nSPS) is 30.7. The number of hydrogen-bond donors (Lipinski definition) is 1. The van der Waals surface area contributed by atoms with Gasteiger partial charge in [-0.15, -0.1) is 0 Å². The quantitative estimate of drug-likeness (QED) is 0.751. The maximum atomic E-state index is 12.2. The standard InChI is InChI=1S/C12H23NO4S/c1-13-12(10-4-6-16-7-10)9-18(14,15)8-11-3-2-5-17-11/h10-13H,2-9H2,1H3. The Kier molecular flexibility index (Phi) is 5.00. The van der Waals surface area contributed by atoms with E-state index >= 15 is 0 Å². The molecule has 5 nitrogen and oxygen atoms in total. The second-order valence-corrected chi connectivity index (χ2v) is 7.38. The van der Waals surface area contributed by atoms with Gasteiger partial charge in [0.25, 0.3) is 0 Å². The zero-order valence-electron chi connectivity index (χ0n) is 10.9. The van der Waals surface area contributed by atoms with Crippen molar-refractivity contribution in [2.24, 2.45) is 5.92 Å². The van der Waals surface area contributed by atoms with E-state index in [4.69, 9.17) is 9.47 Å². The minimum absolute atomic E-state index is 0.00102. The number of ether oxygens (including phenoxy) is 2. The SMILES string of the molecule is CNC(CS(=O)(=O)CC1CCCO1)C1CCOC1. The Morgan fingerprint density at radius 1 is 1.33 bits per heavy atom. The molecule has 3 atom stereocenters. The second kappa shape index (κ2) is 6.32. The first-order valence-electron chi connectivity index (χ1n) is 6.68. The molecular formula is C12H23NO4S. The van der Waals surface area contributed by atoms with Gasteiger partial charge in [-0.3, -0.25) is 0 Å². The molecule has 2 saturated heterocycles. The van der Waals surface area contributed by atoms with Crippen molar-refractivity contribution in [2.45, 2.75) is 31.4 Å². The maximum absolute atomic E-state index is 12.2. The summed E-state index contributed by atoms with van der Waals surface area (Å²) in [4.78, 5) is 0.